The zero-order valence-corrected chi connectivity index (χ0v) is 12.4. The number of thiophene rings is 1. The van der Waals surface area contributed by atoms with Crippen LogP contribution >= 0.6 is 11.3 Å². The number of aromatic nitrogens is 1. The maximum Gasteiger partial charge on any atom is 0.291 e. The monoisotopic (exact) mass is 304 g/mol. The summed E-state index contributed by atoms with van der Waals surface area (Å²) in [7, 11) is -1.67. The summed E-state index contributed by atoms with van der Waals surface area (Å²) in [5, 5.41) is 2.71. The van der Waals surface area contributed by atoms with E-state index in [1.54, 1.807) is 17.5 Å². The topological polar surface area (TPSA) is 51.4 Å². The van der Waals surface area contributed by atoms with Gasteiger partial charge in [0, 0.05) is 35.9 Å². The molecule has 4 nitrogen and oxygen atoms in total. The molecule has 0 aliphatic heterocycles. The standard InChI is InChI=1S/C14H12N2O2S2/c1-16-10-11(12-5-2-3-6-13(12)16)9-15-20(17,18)14-7-4-8-19-14/h2-10H,1H3/b15-9-. The summed E-state index contributed by atoms with van der Waals surface area (Å²) in [4.78, 5) is 0. The molecule has 3 rings (SSSR count). The van der Waals surface area contributed by atoms with E-state index in [0.29, 0.717) is 0 Å². The number of hydrogen-bond acceptors (Lipinski definition) is 3. The molecule has 0 aliphatic carbocycles. The second-order valence-electron chi connectivity index (χ2n) is 4.35. The highest BCUT2D eigenvalue weighted by molar-refractivity contribution is 7.92. The Morgan fingerprint density at radius 1 is 1.20 bits per heavy atom. The molecule has 1 aromatic carbocycles. The minimum Gasteiger partial charge on any atom is -0.350 e. The zero-order valence-electron chi connectivity index (χ0n) is 10.7. The van der Waals surface area contributed by atoms with Crippen LogP contribution in [0, 0.1) is 0 Å². The van der Waals surface area contributed by atoms with E-state index in [9.17, 15) is 8.42 Å². The molecule has 0 aliphatic rings. The van der Waals surface area contributed by atoms with Gasteiger partial charge in [-0.05, 0) is 17.5 Å². The molecule has 0 N–H and O–H groups in total. The van der Waals surface area contributed by atoms with Gasteiger partial charge in [0.15, 0.2) is 0 Å². The smallest absolute Gasteiger partial charge is 0.291 e. The van der Waals surface area contributed by atoms with Crippen molar-refractivity contribution >= 4 is 38.5 Å². The van der Waals surface area contributed by atoms with Crippen LogP contribution in [-0.2, 0) is 17.1 Å². The van der Waals surface area contributed by atoms with E-state index in [2.05, 4.69) is 4.40 Å². The first kappa shape index (κ1) is 13.1. The van der Waals surface area contributed by atoms with Crippen molar-refractivity contribution in [2.45, 2.75) is 4.21 Å². The molecule has 6 heteroatoms. The third-order valence-corrected chi connectivity index (χ3v) is 5.62. The Morgan fingerprint density at radius 2 is 2.00 bits per heavy atom. The van der Waals surface area contributed by atoms with Crippen LogP contribution in [0.2, 0.25) is 0 Å². The lowest BCUT2D eigenvalue weighted by Gasteiger charge is -1.93. The van der Waals surface area contributed by atoms with Crippen LogP contribution < -0.4 is 0 Å². The Hall–Kier alpha value is -1.92. The number of benzene rings is 1. The maximum atomic E-state index is 12.0. The fourth-order valence-corrected chi connectivity index (χ4v) is 3.90. The van der Waals surface area contributed by atoms with Crippen LogP contribution in [0.3, 0.4) is 0 Å². The molecule has 0 amide bonds. The highest BCUT2D eigenvalue weighted by Gasteiger charge is 2.13. The average Bonchev–Trinajstić information content (AvgIpc) is 3.06. The van der Waals surface area contributed by atoms with Gasteiger partial charge in [-0.15, -0.1) is 11.3 Å². The molecular formula is C14H12N2O2S2. The first-order chi connectivity index (χ1) is 9.58. The van der Waals surface area contributed by atoms with Crippen LogP contribution in [0.15, 0.2) is 56.6 Å². The highest BCUT2D eigenvalue weighted by atomic mass is 32.2. The van der Waals surface area contributed by atoms with Crippen molar-refractivity contribution in [2.75, 3.05) is 0 Å². The van der Waals surface area contributed by atoms with Crippen molar-refractivity contribution in [1.82, 2.24) is 4.57 Å². The number of aryl methyl sites for hydroxylation is 1. The summed E-state index contributed by atoms with van der Waals surface area (Å²) >= 11 is 1.17. The molecular weight excluding hydrogens is 292 g/mol. The van der Waals surface area contributed by atoms with Gasteiger partial charge in [-0.2, -0.15) is 12.8 Å². The number of sulfonamides is 1. The normalized spacial score (nSPS) is 12.4. The van der Waals surface area contributed by atoms with Crippen LogP contribution in [0.1, 0.15) is 5.56 Å². The molecule has 3 aromatic rings. The maximum absolute atomic E-state index is 12.0. The molecule has 0 saturated carbocycles. The number of para-hydroxylation sites is 1. The average molecular weight is 304 g/mol. The molecule has 0 bridgehead atoms. The highest BCUT2D eigenvalue weighted by Crippen LogP contribution is 2.21. The lowest BCUT2D eigenvalue weighted by molar-refractivity contribution is 0.600. The number of rotatable bonds is 3. The van der Waals surface area contributed by atoms with Crippen molar-refractivity contribution in [3.05, 3.63) is 53.5 Å². The Kier molecular flexibility index (Phi) is 3.19. The van der Waals surface area contributed by atoms with E-state index in [1.807, 2.05) is 42.1 Å². The Labute approximate surface area is 121 Å². The van der Waals surface area contributed by atoms with Gasteiger partial charge >= 0.3 is 0 Å². The summed E-state index contributed by atoms with van der Waals surface area (Å²) in [6.45, 7) is 0. The zero-order chi connectivity index (χ0) is 14.2. The first-order valence-corrected chi connectivity index (χ1v) is 8.28. The predicted molar refractivity (Wildman–Crippen MR) is 82.0 cm³/mol. The molecule has 0 unspecified atom stereocenters. The van der Waals surface area contributed by atoms with E-state index in [4.69, 9.17) is 0 Å². The Balaban J connectivity index is 2.04. The molecule has 102 valence electrons. The molecule has 2 heterocycles. The Bertz CT molecular complexity index is 875. The fraction of sp³-hybridized carbons (Fsp3) is 0.0714. The SMILES string of the molecule is Cn1cc(/C=N\S(=O)(=O)c2cccs2)c2ccccc21. The summed E-state index contributed by atoms with van der Waals surface area (Å²) in [6, 6.07) is 11.1. The molecule has 20 heavy (non-hydrogen) atoms. The second kappa shape index (κ2) is 4.88. The number of nitrogens with zero attached hydrogens (tertiary/aromatic N) is 2. The van der Waals surface area contributed by atoms with Gasteiger partial charge in [-0.1, -0.05) is 24.3 Å². The molecule has 0 radical (unpaired) electrons. The van der Waals surface area contributed by atoms with Crippen molar-refractivity contribution < 1.29 is 8.42 Å². The van der Waals surface area contributed by atoms with Crippen molar-refractivity contribution in [1.29, 1.82) is 0 Å². The molecule has 0 spiro atoms. The third-order valence-electron chi connectivity index (χ3n) is 3.01. The molecule has 0 saturated heterocycles. The van der Waals surface area contributed by atoms with Crippen LogP contribution in [0.4, 0.5) is 0 Å². The van der Waals surface area contributed by atoms with E-state index in [1.165, 1.54) is 17.6 Å². The number of hydrogen-bond donors (Lipinski definition) is 0. The van der Waals surface area contributed by atoms with E-state index < -0.39 is 10.0 Å². The minimum absolute atomic E-state index is 0.258. The summed E-state index contributed by atoms with van der Waals surface area (Å²) in [5.74, 6) is 0. The van der Waals surface area contributed by atoms with Gasteiger partial charge in [-0.25, -0.2) is 0 Å². The van der Waals surface area contributed by atoms with Crippen molar-refractivity contribution in [3.8, 4) is 0 Å². The first-order valence-electron chi connectivity index (χ1n) is 5.96. The van der Waals surface area contributed by atoms with Gasteiger partial charge in [-0.3, -0.25) is 0 Å². The van der Waals surface area contributed by atoms with Crippen LogP contribution in [0.25, 0.3) is 10.9 Å². The molecule has 0 atom stereocenters. The van der Waals surface area contributed by atoms with Gasteiger partial charge in [0.25, 0.3) is 10.0 Å². The third kappa shape index (κ3) is 2.28. The van der Waals surface area contributed by atoms with Crippen molar-refractivity contribution in [3.63, 3.8) is 0 Å². The largest absolute Gasteiger partial charge is 0.350 e. The van der Waals surface area contributed by atoms with E-state index >= 15 is 0 Å². The minimum atomic E-state index is -3.60. The summed E-state index contributed by atoms with van der Waals surface area (Å²) < 4.78 is 30.0. The van der Waals surface area contributed by atoms with Gasteiger partial charge in [0.1, 0.15) is 4.21 Å². The van der Waals surface area contributed by atoms with Crippen LogP contribution in [-0.4, -0.2) is 19.2 Å². The Morgan fingerprint density at radius 3 is 2.75 bits per heavy atom. The van der Waals surface area contributed by atoms with Crippen LogP contribution in [0.5, 0.6) is 0 Å². The van der Waals surface area contributed by atoms with E-state index in [0.717, 1.165) is 16.5 Å². The molecule has 2 aromatic heterocycles. The predicted octanol–water partition coefficient (Wildman–Crippen LogP) is 3.05. The van der Waals surface area contributed by atoms with Crippen molar-refractivity contribution in [2.24, 2.45) is 11.4 Å². The van der Waals surface area contributed by atoms with Gasteiger partial charge < -0.3 is 4.57 Å². The summed E-state index contributed by atoms with van der Waals surface area (Å²) in [5.41, 5.74) is 1.84. The number of fused-ring (bicyclic) bond motifs is 1. The lowest BCUT2D eigenvalue weighted by Crippen LogP contribution is -1.94. The fourth-order valence-electron chi connectivity index (χ4n) is 2.06. The quantitative estimate of drug-likeness (QED) is 0.698. The second-order valence-corrected chi connectivity index (χ2v) is 7.16. The van der Waals surface area contributed by atoms with E-state index in [-0.39, 0.29) is 4.21 Å². The summed E-state index contributed by atoms with van der Waals surface area (Å²) in [6.07, 6.45) is 3.29. The van der Waals surface area contributed by atoms with Gasteiger partial charge in [0.2, 0.25) is 0 Å². The van der Waals surface area contributed by atoms with Gasteiger partial charge in [0.05, 0.1) is 0 Å². The molecule has 0 fully saturated rings. The lowest BCUT2D eigenvalue weighted by atomic mass is 10.2.